The molecule has 1 N–H and O–H groups in total. The van der Waals surface area contributed by atoms with E-state index in [9.17, 15) is 14.4 Å². The van der Waals surface area contributed by atoms with Crippen LogP contribution in [0.1, 0.15) is 48.8 Å². The number of hydrogen-bond acceptors (Lipinski definition) is 5. The van der Waals surface area contributed by atoms with Crippen molar-refractivity contribution in [3.63, 3.8) is 0 Å². The van der Waals surface area contributed by atoms with Crippen LogP contribution in [0.25, 0.3) is 0 Å². The number of amides is 2. The van der Waals surface area contributed by atoms with Gasteiger partial charge >= 0.3 is 5.97 Å². The molecule has 0 bridgehead atoms. The molecule has 2 heterocycles. The Morgan fingerprint density at radius 1 is 1.25 bits per heavy atom. The Labute approximate surface area is 115 Å². The van der Waals surface area contributed by atoms with Gasteiger partial charge in [0, 0.05) is 19.4 Å². The molecule has 2 amide bonds. The van der Waals surface area contributed by atoms with Crippen LogP contribution in [-0.2, 0) is 16.1 Å². The highest BCUT2D eigenvalue weighted by atomic mass is 16.4. The first-order valence-electron chi connectivity index (χ1n) is 6.41. The maximum absolute atomic E-state index is 11.5. The van der Waals surface area contributed by atoms with Gasteiger partial charge in [-0.2, -0.15) is 0 Å². The van der Waals surface area contributed by atoms with E-state index in [1.165, 1.54) is 9.58 Å². The van der Waals surface area contributed by atoms with Gasteiger partial charge in [0.05, 0.1) is 12.2 Å². The Bertz CT molecular complexity index is 548. The molecule has 1 fully saturated rings. The highest BCUT2D eigenvalue weighted by molar-refractivity contribution is 6.01. The number of hydrogen-bond donors (Lipinski definition) is 1. The van der Waals surface area contributed by atoms with E-state index in [2.05, 4.69) is 10.3 Å². The van der Waals surface area contributed by atoms with Gasteiger partial charge in [-0.15, -0.1) is 5.10 Å². The molecule has 2 rings (SSSR count). The number of carbonyl (C=O) groups excluding carboxylic acids is 2. The van der Waals surface area contributed by atoms with Crippen LogP contribution in [0.4, 0.5) is 0 Å². The summed E-state index contributed by atoms with van der Waals surface area (Å²) in [7, 11) is 0. The number of rotatable bonds is 5. The summed E-state index contributed by atoms with van der Waals surface area (Å²) < 4.78 is 1.45. The zero-order valence-corrected chi connectivity index (χ0v) is 11.4. The van der Waals surface area contributed by atoms with E-state index in [0.29, 0.717) is 5.69 Å². The normalized spacial score (nSPS) is 15.4. The van der Waals surface area contributed by atoms with Gasteiger partial charge in [0.25, 0.3) is 0 Å². The fraction of sp³-hybridized carbons (Fsp3) is 0.583. The summed E-state index contributed by atoms with van der Waals surface area (Å²) >= 11 is 0. The first kappa shape index (κ1) is 14.2. The summed E-state index contributed by atoms with van der Waals surface area (Å²) in [5.74, 6) is -1.59. The molecule has 0 unspecified atom stereocenters. The monoisotopic (exact) mass is 280 g/mol. The van der Waals surface area contributed by atoms with E-state index in [-0.39, 0.29) is 49.4 Å². The maximum atomic E-state index is 11.5. The number of carboxylic acid groups (broad SMARTS) is 1. The smallest absolute Gasteiger partial charge is 0.358 e. The lowest BCUT2D eigenvalue weighted by Gasteiger charge is -2.15. The quantitative estimate of drug-likeness (QED) is 0.775. The van der Waals surface area contributed by atoms with E-state index < -0.39 is 5.97 Å². The average molecular weight is 280 g/mol. The third kappa shape index (κ3) is 2.54. The van der Waals surface area contributed by atoms with Crippen LogP contribution < -0.4 is 0 Å². The molecule has 108 valence electrons. The molecule has 0 radical (unpaired) electrons. The summed E-state index contributed by atoms with van der Waals surface area (Å²) in [5.41, 5.74) is 0.413. The van der Waals surface area contributed by atoms with Crippen LogP contribution in [-0.4, -0.2) is 49.3 Å². The topological polar surface area (TPSA) is 105 Å². The van der Waals surface area contributed by atoms with Crippen LogP contribution in [0, 0.1) is 0 Å². The van der Waals surface area contributed by atoms with Gasteiger partial charge in [-0.3, -0.25) is 14.5 Å². The number of imide groups is 1. The van der Waals surface area contributed by atoms with Crippen molar-refractivity contribution in [2.24, 2.45) is 0 Å². The molecule has 0 atom stereocenters. The molecule has 1 aromatic heterocycles. The van der Waals surface area contributed by atoms with Gasteiger partial charge in [0.1, 0.15) is 0 Å². The Hall–Kier alpha value is -2.25. The zero-order chi connectivity index (χ0) is 14.9. The number of aromatic nitrogens is 3. The lowest BCUT2D eigenvalue weighted by Crippen LogP contribution is -2.32. The summed E-state index contributed by atoms with van der Waals surface area (Å²) in [6, 6.07) is 0. The van der Waals surface area contributed by atoms with Crippen molar-refractivity contribution in [2.45, 2.75) is 39.2 Å². The predicted octanol–water partition coefficient (Wildman–Crippen LogP) is 0.249. The van der Waals surface area contributed by atoms with E-state index >= 15 is 0 Å². The third-order valence-electron chi connectivity index (χ3n) is 3.21. The zero-order valence-electron chi connectivity index (χ0n) is 11.4. The fourth-order valence-electron chi connectivity index (χ4n) is 2.28. The van der Waals surface area contributed by atoms with Crippen molar-refractivity contribution in [2.75, 3.05) is 6.54 Å². The number of likely N-dealkylation sites (tertiary alicyclic amines) is 1. The van der Waals surface area contributed by atoms with Crippen LogP contribution in [0.3, 0.4) is 0 Å². The molecule has 8 nitrogen and oxygen atoms in total. The van der Waals surface area contributed by atoms with Gasteiger partial charge in [-0.25, -0.2) is 9.48 Å². The maximum Gasteiger partial charge on any atom is 0.358 e. The highest BCUT2D eigenvalue weighted by Gasteiger charge is 2.29. The molecule has 1 aromatic rings. The van der Waals surface area contributed by atoms with E-state index in [0.717, 1.165) is 0 Å². The van der Waals surface area contributed by atoms with Crippen LogP contribution in [0.15, 0.2) is 0 Å². The molecular weight excluding hydrogens is 264 g/mol. The van der Waals surface area contributed by atoms with Crippen molar-refractivity contribution in [3.8, 4) is 0 Å². The molecular formula is C12H16N4O4. The second kappa shape index (κ2) is 5.40. The van der Waals surface area contributed by atoms with Crippen molar-refractivity contribution >= 4 is 17.8 Å². The Morgan fingerprint density at radius 3 is 2.35 bits per heavy atom. The van der Waals surface area contributed by atoms with E-state index in [4.69, 9.17) is 5.11 Å². The third-order valence-corrected chi connectivity index (χ3v) is 3.21. The van der Waals surface area contributed by atoms with Crippen molar-refractivity contribution in [1.82, 2.24) is 19.9 Å². The second-order valence-corrected chi connectivity index (χ2v) is 4.95. The molecule has 0 spiro atoms. The van der Waals surface area contributed by atoms with Gasteiger partial charge in [-0.05, 0) is 5.92 Å². The lowest BCUT2D eigenvalue weighted by molar-refractivity contribution is -0.138. The Morgan fingerprint density at radius 2 is 1.85 bits per heavy atom. The van der Waals surface area contributed by atoms with Gasteiger partial charge < -0.3 is 5.11 Å². The van der Waals surface area contributed by atoms with Crippen LogP contribution >= 0.6 is 0 Å². The lowest BCUT2D eigenvalue weighted by atomic mass is 10.1. The van der Waals surface area contributed by atoms with E-state index in [1.54, 1.807) is 0 Å². The van der Waals surface area contributed by atoms with Gasteiger partial charge in [0.15, 0.2) is 5.69 Å². The molecule has 0 aliphatic carbocycles. The summed E-state index contributed by atoms with van der Waals surface area (Å²) in [4.78, 5) is 35.3. The number of carboxylic acids is 1. The standard InChI is InChI=1S/C12H16N4O4/c1-7(2)11-10(12(19)20)13-14-16(11)6-5-15-8(17)3-4-9(15)18/h7H,3-6H2,1-2H3,(H,19,20). The van der Waals surface area contributed by atoms with Crippen molar-refractivity contribution in [3.05, 3.63) is 11.4 Å². The highest BCUT2D eigenvalue weighted by Crippen LogP contribution is 2.18. The molecule has 1 aliphatic rings. The molecule has 20 heavy (non-hydrogen) atoms. The van der Waals surface area contributed by atoms with Crippen LogP contribution in [0.5, 0.6) is 0 Å². The van der Waals surface area contributed by atoms with E-state index in [1.807, 2.05) is 13.8 Å². The Kier molecular flexibility index (Phi) is 3.82. The number of aromatic carboxylic acids is 1. The van der Waals surface area contributed by atoms with Crippen molar-refractivity contribution < 1.29 is 19.5 Å². The minimum Gasteiger partial charge on any atom is -0.476 e. The Balaban J connectivity index is 2.16. The SMILES string of the molecule is CC(C)c1c(C(=O)O)nnn1CCN1C(=O)CCC1=O. The molecule has 1 saturated heterocycles. The summed E-state index contributed by atoms with van der Waals surface area (Å²) in [6.07, 6.45) is 0.487. The van der Waals surface area contributed by atoms with Crippen molar-refractivity contribution in [1.29, 1.82) is 0 Å². The molecule has 8 heteroatoms. The fourth-order valence-corrected chi connectivity index (χ4v) is 2.28. The largest absolute Gasteiger partial charge is 0.476 e. The predicted molar refractivity (Wildman–Crippen MR) is 67.0 cm³/mol. The van der Waals surface area contributed by atoms with Gasteiger partial charge in [-0.1, -0.05) is 19.1 Å². The van der Waals surface area contributed by atoms with Crippen LogP contribution in [0.2, 0.25) is 0 Å². The summed E-state index contributed by atoms with van der Waals surface area (Å²) in [5, 5.41) is 16.5. The average Bonchev–Trinajstić information content (AvgIpc) is 2.92. The first-order chi connectivity index (χ1) is 9.41. The number of carbonyl (C=O) groups is 3. The minimum atomic E-state index is -1.13. The first-order valence-corrected chi connectivity index (χ1v) is 6.41. The molecule has 0 saturated carbocycles. The molecule has 0 aromatic carbocycles. The number of nitrogens with zero attached hydrogens (tertiary/aromatic N) is 4. The van der Waals surface area contributed by atoms with Gasteiger partial charge in [0.2, 0.25) is 11.8 Å². The second-order valence-electron chi connectivity index (χ2n) is 4.95. The summed E-state index contributed by atoms with van der Waals surface area (Å²) in [6.45, 7) is 4.13. The minimum absolute atomic E-state index is 0.0684. The molecule has 1 aliphatic heterocycles.